The second-order valence-corrected chi connectivity index (χ2v) is 6.59. The summed E-state index contributed by atoms with van der Waals surface area (Å²) in [6.07, 6.45) is 3.27. The number of benzene rings is 1. The molecule has 1 aliphatic heterocycles. The topological polar surface area (TPSA) is 48.8 Å². The van der Waals surface area contributed by atoms with E-state index in [4.69, 9.17) is 4.74 Å². The Morgan fingerprint density at radius 2 is 1.88 bits per heavy atom. The van der Waals surface area contributed by atoms with Crippen molar-refractivity contribution >= 4 is 0 Å². The highest BCUT2D eigenvalue weighted by atomic mass is 16.5. The van der Waals surface area contributed by atoms with Crippen molar-refractivity contribution in [3.05, 3.63) is 59.9 Å². The number of hydrogen-bond donors (Lipinski definition) is 1. The molecule has 1 aromatic heterocycles. The Kier molecular flexibility index (Phi) is 6.02. The third kappa shape index (κ3) is 4.57. The third-order valence-corrected chi connectivity index (χ3v) is 5.03. The fourth-order valence-electron chi connectivity index (χ4n) is 3.37. The van der Waals surface area contributed by atoms with Gasteiger partial charge in [-0.25, -0.2) is 0 Å². The summed E-state index contributed by atoms with van der Waals surface area (Å²) in [6.45, 7) is 6.82. The van der Waals surface area contributed by atoms with Crippen molar-refractivity contribution in [1.29, 1.82) is 0 Å². The molecule has 1 fully saturated rings. The van der Waals surface area contributed by atoms with Crippen LogP contribution in [0.25, 0.3) is 0 Å². The number of nitrogens with zero attached hydrogens (tertiary/aromatic N) is 3. The Morgan fingerprint density at radius 1 is 1.12 bits per heavy atom. The maximum Gasteiger partial charge on any atom is 0.119 e. The highest BCUT2D eigenvalue weighted by Crippen LogP contribution is 2.23. The van der Waals surface area contributed by atoms with Crippen LogP contribution in [0, 0.1) is 0 Å². The molecule has 2 aromatic rings. The fraction of sp³-hybridized carbons (Fsp3) is 0.450. The SMILES string of the molecule is COc1cccc([C@@H](O)CN2CCN([C@H](C)c3cccnc3)CC2)c1. The lowest BCUT2D eigenvalue weighted by Gasteiger charge is -2.38. The van der Waals surface area contributed by atoms with E-state index in [0.29, 0.717) is 12.6 Å². The second-order valence-electron chi connectivity index (χ2n) is 6.59. The number of pyridine rings is 1. The Hall–Kier alpha value is -1.95. The van der Waals surface area contributed by atoms with Gasteiger partial charge in [-0.3, -0.25) is 14.8 Å². The molecule has 0 amide bonds. The summed E-state index contributed by atoms with van der Waals surface area (Å²) in [5.74, 6) is 0.784. The van der Waals surface area contributed by atoms with E-state index in [1.807, 2.05) is 42.7 Å². The average Bonchev–Trinajstić information content (AvgIpc) is 2.68. The molecule has 1 aromatic carbocycles. The van der Waals surface area contributed by atoms with Crippen LogP contribution in [0.15, 0.2) is 48.8 Å². The minimum atomic E-state index is -0.489. The first kappa shape index (κ1) is 17.9. The number of aliphatic hydroxyl groups excluding tert-OH is 1. The quantitative estimate of drug-likeness (QED) is 0.875. The van der Waals surface area contributed by atoms with E-state index < -0.39 is 6.10 Å². The molecule has 0 radical (unpaired) electrons. The Labute approximate surface area is 149 Å². The number of hydrogen-bond acceptors (Lipinski definition) is 5. The van der Waals surface area contributed by atoms with E-state index in [1.165, 1.54) is 5.56 Å². The molecule has 1 aliphatic rings. The number of β-amino-alcohol motifs (C(OH)–C–C–N with tert-alkyl or cyclic N) is 1. The molecule has 134 valence electrons. The summed E-state index contributed by atoms with van der Waals surface area (Å²) in [5.41, 5.74) is 2.16. The molecular formula is C20H27N3O2. The zero-order chi connectivity index (χ0) is 17.6. The van der Waals surface area contributed by atoms with Crippen LogP contribution in [0.2, 0.25) is 0 Å². The minimum Gasteiger partial charge on any atom is -0.497 e. The van der Waals surface area contributed by atoms with Crippen molar-refractivity contribution in [1.82, 2.24) is 14.8 Å². The number of rotatable bonds is 6. The van der Waals surface area contributed by atoms with Crippen LogP contribution in [0.1, 0.15) is 30.2 Å². The first-order valence-electron chi connectivity index (χ1n) is 8.85. The lowest BCUT2D eigenvalue weighted by molar-refractivity contribution is 0.0588. The van der Waals surface area contributed by atoms with Gasteiger partial charge in [0.1, 0.15) is 5.75 Å². The number of methoxy groups -OCH3 is 1. The third-order valence-electron chi connectivity index (χ3n) is 5.03. The van der Waals surface area contributed by atoms with Crippen molar-refractivity contribution in [3.8, 4) is 5.75 Å². The number of aliphatic hydroxyl groups is 1. The van der Waals surface area contributed by atoms with Crippen LogP contribution in [-0.2, 0) is 0 Å². The van der Waals surface area contributed by atoms with Gasteiger partial charge in [0.15, 0.2) is 0 Å². The van der Waals surface area contributed by atoms with E-state index >= 15 is 0 Å². The predicted molar refractivity (Wildman–Crippen MR) is 98.6 cm³/mol. The van der Waals surface area contributed by atoms with Crippen LogP contribution in [-0.4, -0.2) is 59.7 Å². The summed E-state index contributed by atoms with van der Waals surface area (Å²) in [4.78, 5) is 9.03. The van der Waals surface area contributed by atoms with Gasteiger partial charge in [0.05, 0.1) is 13.2 Å². The molecule has 1 N–H and O–H groups in total. The summed E-state index contributed by atoms with van der Waals surface area (Å²) in [7, 11) is 1.65. The minimum absolute atomic E-state index is 0.374. The van der Waals surface area contributed by atoms with Gasteiger partial charge in [0.25, 0.3) is 0 Å². The lowest BCUT2D eigenvalue weighted by Crippen LogP contribution is -2.48. The van der Waals surface area contributed by atoms with E-state index in [-0.39, 0.29) is 0 Å². The van der Waals surface area contributed by atoms with Crippen molar-refractivity contribution in [2.24, 2.45) is 0 Å². The Balaban J connectivity index is 1.52. The molecule has 2 heterocycles. The number of aromatic nitrogens is 1. The van der Waals surface area contributed by atoms with Gasteiger partial charge < -0.3 is 9.84 Å². The Bertz CT molecular complexity index is 657. The largest absolute Gasteiger partial charge is 0.497 e. The summed E-state index contributed by atoms with van der Waals surface area (Å²) in [6, 6.07) is 12.2. The Morgan fingerprint density at radius 3 is 2.56 bits per heavy atom. The highest BCUT2D eigenvalue weighted by Gasteiger charge is 2.23. The van der Waals surface area contributed by atoms with E-state index in [0.717, 1.165) is 37.5 Å². The number of ether oxygens (including phenoxy) is 1. The van der Waals surface area contributed by atoms with Crippen LogP contribution in [0.5, 0.6) is 5.75 Å². The molecule has 1 saturated heterocycles. The van der Waals surface area contributed by atoms with Crippen molar-refractivity contribution in [2.45, 2.75) is 19.1 Å². The van der Waals surface area contributed by atoms with Gasteiger partial charge in [0.2, 0.25) is 0 Å². The first-order chi connectivity index (χ1) is 12.2. The molecule has 3 rings (SSSR count). The summed E-state index contributed by atoms with van der Waals surface area (Å²) >= 11 is 0. The van der Waals surface area contributed by atoms with Gasteiger partial charge >= 0.3 is 0 Å². The van der Waals surface area contributed by atoms with E-state index in [2.05, 4.69) is 27.8 Å². The van der Waals surface area contributed by atoms with E-state index in [9.17, 15) is 5.11 Å². The molecule has 0 saturated carbocycles. The molecule has 5 nitrogen and oxygen atoms in total. The number of piperazine rings is 1. The van der Waals surface area contributed by atoms with Gasteiger partial charge in [-0.2, -0.15) is 0 Å². The molecular weight excluding hydrogens is 314 g/mol. The van der Waals surface area contributed by atoms with Crippen LogP contribution in [0.4, 0.5) is 0 Å². The first-order valence-corrected chi connectivity index (χ1v) is 8.85. The standard InChI is InChI=1S/C20H27N3O2/c1-16(18-6-4-8-21-14-18)23-11-9-22(10-12-23)15-20(24)17-5-3-7-19(13-17)25-2/h3-8,13-14,16,20,24H,9-12,15H2,1-2H3/t16-,20+/m1/s1. The molecule has 0 bridgehead atoms. The van der Waals surface area contributed by atoms with Crippen molar-refractivity contribution in [3.63, 3.8) is 0 Å². The zero-order valence-electron chi connectivity index (χ0n) is 15.0. The van der Waals surface area contributed by atoms with E-state index in [1.54, 1.807) is 7.11 Å². The monoisotopic (exact) mass is 341 g/mol. The lowest BCUT2D eigenvalue weighted by atomic mass is 10.1. The van der Waals surface area contributed by atoms with Gasteiger partial charge in [-0.1, -0.05) is 18.2 Å². The van der Waals surface area contributed by atoms with Crippen molar-refractivity contribution < 1.29 is 9.84 Å². The zero-order valence-corrected chi connectivity index (χ0v) is 15.0. The molecule has 2 atom stereocenters. The highest BCUT2D eigenvalue weighted by molar-refractivity contribution is 5.30. The maximum atomic E-state index is 10.5. The summed E-state index contributed by atoms with van der Waals surface area (Å²) in [5, 5.41) is 10.5. The van der Waals surface area contributed by atoms with Crippen LogP contribution in [0.3, 0.4) is 0 Å². The molecule has 0 unspecified atom stereocenters. The van der Waals surface area contributed by atoms with Crippen LogP contribution >= 0.6 is 0 Å². The average molecular weight is 341 g/mol. The smallest absolute Gasteiger partial charge is 0.119 e. The van der Waals surface area contributed by atoms with Crippen molar-refractivity contribution in [2.75, 3.05) is 39.8 Å². The fourth-order valence-corrected chi connectivity index (χ4v) is 3.37. The molecule has 0 aliphatic carbocycles. The molecule has 25 heavy (non-hydrogen) atoms. The normalized spacial score (nSPS) is 18.7. The van der Waals surface area contributed by atoms with Crippen LogP contribution < -0.4 is 4.74 Å². The van der Waals surface area contributed by atoms with Gasteiger partial charge in [-0.05, 0) is 36.2 Å². The molecule has 0 spiro atoms. The van der Waals surface area contributed by atoms with Gasteiger partial charge in [-0.15, -0.1) is 0 Å². The second kappa shape index (κ2) is 8.43. The van der Waals surface area contributed by atoms with Gasteiger partial charge in [0, 0.05) is 51.2 Å². The predicted octanol–water partition coefficient (Wildman–Crippen LogP) is 2.50. The maximum absolute atomic E-state index is 10.5. The summed E-state index contributed by atoms with van der Waals surface area (Å²) < 4.78 is 5.24. The molecule has 5 heteroatoms.